The van der Waals surface area contributed by atoms with Crippen LogP contribution in [0, 0.1) is 5.92 Å². The third-order valence-corrected chi connectivity index (χ3v) is 4.38. The van der Waals surface area contributed by atoms with Crippen molar-refractivity contribution in [1.29, 1.82) is 0 Å². The van der Waals surface area contributed by atoms with Crippen molar-refractivity contribution in [1.82, 2.24) is 5.32 Å². The Kier molecular flexibility index (Phi) is 7.95. The second-order valence-electron chi connectivity index (χ2n) is 5.77. The molecule has 4 N–H and O–H groups in total. The van der Waals surface area contributed by atoms with Gasteiger partial charge in [-0.1, -0.05) is 12.1 Å². The summed E-state index contributed by atoms with van der Waals surface area (Å²) in [6.45, 7) is 1.59. The predicted octanol–water partition coefficient (Wildman–Crippen LogP) is 0.850. The van der Waals surface area contributed by atoms with Crippen LogP contribution in [0.25, 0.3) is 0 Å². The number of ether oxygens (including phenoxy) is 1. The molecule has 7 nitrogen and oxygen atoms in total. The van der Waals surface area contributed by atoms with Crippen molar-refractivity contribution in [2.75, 3.05) is 24.2 Å². The molecule has 1 aliphatic heterocycles. The van der Waals surface area contributed by atoms with Crippen LogP contribution in [-0.4, -0.2) is 39.8 Å². The number of anilines is 1. The van der Waals surface area contributed by atoms with Crippen molar-refractivity contribution in [3.8, 4) is 0 Å². The van der Waals surface area contributed by atoms with E-state index in [-0.39, 0.29) is 24.2 Å². The Bertz CT molecular complexity index is 648. The third-order valence-electron chi connectivity index (χ3n) is 3.77. The number of carbonyl (C=O) groups excluding carboxylic acids is 1. The molecule has 9 heteroatoms. The van der Waals surface area contributed by atoms with Gasteiger partial charge in [0.15, 0.2) is 0 Å². The first-order valence-electron chi connectivity index (χ1n) is 7.53. The van der Waals surface area contributed by atoms with Crippen LogP contribution >= 0.6 is 12.4 Å². The Morgan fingerprint density at radius 3 is 2.67 bits per heavy atom. The molecule has 1 heterocycles. The van der Waals surface area contributed by atoms with E-state index < -0.39 is 16.1 Å². The van der Waals surface area contributed by atoms with Crippen LogP contribution in [0.2, 0.25) is 0 Å². The Morgan fingerprint density at radius 1 is 1.38 bits per heavy atom. The SMILES string of the molecule is CS(=O)(=O)Nc1cccc(CNC(=O)C(N)C2CCOCC2)c1.Cl. The number of hydrogen-bond acceptors (Lipinski definition) is 5. The molecule has 2 rings (SSSR count). The van der Waals surface area contributed by atoms with Crippen molar-refractivity contribution in [3.05, 3.63) is 29.8 Å². The number of carbonyl (C=O) groups is 1. The molecule has 0 spiro atoms. The molecule has 0 aromatic heterocycles. The molecule has 0 radical (unpaired) electrons. The molecule has 24 heavy (non-hydrogen) atoms. The minimum Gasteiger partial charge on any atom is -0.381 e. The first kappa shape index (κ1) is 20.7. The fourth-order valence-corrected chi connectivity index (χ4v) is 3.11. The number of halogens is 1. The van der Waals surface area contributed by atoms with Crippen LogP contribution in [0.4, 0.5) is 5.69 Å². The monoisotopic (exact) mass is 377 g/mol. The van der Waals surface area contributed by atoms with E-state index in [1.165, 1.54) is 0 Å². The van der Waals surface area contributed by atoms with Crippen molar-refractivity contribution in [2.45, 2.75) is 25.4 Å². The summed E-state index contributed by atoms with van der Waals surface area (Å²) in [7, 11) is -3.32. The summed E-state index contributed by atoms with van der Waals surface area (Å²) in [5, 5.41) is 2.80. The summed E-state index contributed by atoms with van der Waals surface area (Å²) in [4.78, 5) is 12.1. The lowest BCUT2D eigenvalue weighted by atomic mass is 9.92. The van der Waals surface area contributed by atoms with Gasteiger partial charge >= 0.3 is 0 Å². The van der Waals surface area contributed by atoms with Gasteiger partial charge in [0.05, 0.1) is 12.3 Å². The van der Waals surface area contributed by atoms with Gasteiger partial charge in [-0.15, -0.1) is 12.4 Å². The zero-order valence-corrected chi connectivity index (χ0v) is 15.2. The molecular formula is C15H24ClN3O4S. The van der Waals surface area contributed by atoms with Gasteiger partial charge in [-0.3, -0.25) is 9.52 Å². The highest BCUT2D eigenvalue weighted by atomic mass is 35.5. The van der Waals surface area contributed by atoms with Crippen molar-refractivity contribution in [2.24, 2.45) is 11.7 Å². The Hall–Kier alpha value is -1.35. The van der Waals surface area contributed by atoms with E-state index in [0.717, 1.165) is 24.7 Å². The quantitative estimate of drug-likeness (QED) is 0.680. The second-order valence-corrected chi connectivity index (χ2v) is 7.52. The zero-order chi connectivity index (χ0) is 16.9. The molecule has 1 saturated heterocycles. The highest BCUT2D eigenvalue weighted by molar-refractivity contribution is 7.92. The van der Waals surface area contributed by atoms with Gasteiger partial charge in [0.1, 0.15) is 0 Å². The van der Waals surface area contributed by atoms with Crippen LogP contribution in [0.5, 0.6) is 0 Å². The van der Waals surface area contributed by atoms with Crippen LogP contribution < -0.4 is 15.8 Å². The maximum absolute atomic E-state index is 12.1. The molecule has 0 aliphatic carbocycles. The minimum absolute atomic E-state index is 0. The van der Waals surface area contributed by atoms with Gasteiger partial charge in [0.25, 0.3) is 0 Å². The summed E-state index contributed by atoms with van der Waals surface area (Å²) in [6, 6.07) is 6.33. The number of sulfonamides is 1. The van der Waals surface area contributed by atoms with Crippen molar-refractivity contribution in [3.63, 3.8) is 0 Å². The largest absolute Gasteiger partial charge is 0.381 e. The molecule has 0 saturated carbocycles. The Balaban J connectivity index is 0.00000288. The van der Waals surface area contributed by atoms with Crippen LogP contribution in [0.3, 0.4) is 0 Å². The van der Waals surface area contributed by atoms with E-state index in [9.17, 15) is 13.2 Å². The first-order valence-corrected chi connectivity index (χ1v) is 9.42. The van der Waals surface area contributed by atoms with E-state index in [1.807, 2.05) is 6.07 Å². The number of nitrogens with two attached hydrogens (primary N) is 1. The van der Waals surface area contributed by atoms with E-state index in [2.05, 4.69) is 10.0 Å². The summed E-state index contributed by atoms with van der Waals surface area (Å²) in [5.74, 6) is -0.0552. The molecule has 136 valence electrons. The number of nitrogens with one attached hydrogen (secondary N) is 2. The maximum Gasteiger partial charge on any atom is 0.237 e. The zero-order valence-electron chi connectivity index (χ0n) is 13.5. The van der Waals surface area contributed by atoms with E-state index in [4.69, 9.17) is 10.5 Å². The van der Waals surface area contributed by atoms with Crippen LogP contribution in [0.15, 0.2) is 24.3 Å². The van der Waals surface area contributed by atoms with Crippen molar-refractivity contribution < 1.29 is 17.9 Å². The molecule has 1 atom stereocenters. The summed E-state index contributed by atoms with van der Waals surface area (Å²) < 4.78 is 30.1. The van der Waals surface area contributed by atoms with E-state index >= 15 is 0 Å². The van der Waals surface area contributed by atoms with Gasteiger partial charge in [0, 0.05) is 25.4 Å². The maximum atomic E-state index is 12.1. The summed E-state index contributed by atoms with van der Waals surface area (Å²) in [5.41, 5.74) is 7.27. The predicted molar refractivity (Wildman–Crippen MR) is 95.5 cm³/mol. The fraction of sp³-hybridized carbons (Fsp3) is 0.533. The Labute approximate surface area is 148 Å². The number of rotatable bonds is 6. The van der Waals surface area contributed by atoms with Crippen molar-refractivity contribution >= 4 is 34.0 Å². The molecular weight excluding hydrogens is 354 g/mol. The normalized spacial score (nSPS) is 16.8. The lowest BCUT2D eigenvalue weighted by molar-refractivity contribution is -0.124. The Morgan fingerprint density at radius 2 is 2.04 bits per heavy atom. The lowest BCUT2D eigenvalue weighted by Crippen LogP contribution is -2.46. The second kappa shape index (κ2) is 9.22. The molecule has 1 fully saturated rings. The van der Waals surface area contributed by atoms with E-state index in [0.29, 0.717) is 25.4 Å². The van der Waals surface area contributed by atoms with Gasteiger partial charge in [0.2, 0.25) is 15.9 Å². The summed E-state index contributed by atoms with van der Waals surface area (Å²) in [6.07, 6.45) is 2.68. The number of hydrogen-bond donors (Lipinski definition) is 3. The minimum atomic E-state index is -3.32. The van der Waals surface area contributed by atoms with Gasteiger partial charge in [-0.2, -0.15) is 0 Å². The molecule has 1 aromatic carbocycles. The topological polar surface area (TPSA) is 111 Å². The average Bonchev–Trinajstić information content (AvgIpc) is 2.51. The first-order chi connectivity index (χ1) is 10.8. The molecule has 0 bridgehead atoms. The highest BCUT2D eigenvalue weighted by Crippen LogP contribution is 2.18. The van der Waals surface area contributed by atoms with Gasteiger partial charge in [-0.05, 0) is 36.5 Å². The van der Waals surface area contributed by atoms with Crippen LogP contribution in [-0.2, 0) is 26.1 Å². The molecule has 1 aliphatic rings. The molecule has 1 amide bonds. The van der Waals surface area contributed by atoms with Crippen LogP contribution in [0.1, 0.15) is 18.4 Å². The lowest BCUT2D eigenvalue weighted by Gasteiger charge is -2.26. The third kappa shape index (κ3) is 6.64. The van der Waals surface area contributed by atoms with Gasteiger partial charge < -0.3 is 15.8 Å². The molecule has 1 unspecified atom stereocenters. The number of amides is 1. The summed E-state index contributed by atoms with van der Waals surface area (Å²) >= 11 is 0. The fourth-order valence-electron chi connectivity index (χ4n) is 2.55. The standard InChI is InChI=1S/C15H23N3O4S.ClH/c1-23(20,21)18-13-4-2-3-11(9-13)10-17-15(19)14(16)12-5-7-22-8-6-12;/h2-4,9,12,14,18H,5-8,10,16H2,1H3,(H,17,19);1H. The molecule has 1 aromatic rings. The van der Waals surface area contributed by atoms with E-state index in [1.54, 1.807) is 18.2 Å². The smallest absolute Gasteiger partial charge is 0.237 e. The highest BCUT2D eigenvalue weighted by Gasteiger charge is 2.26. The van der Waals surface area contributed by atoms with Gasteiger partial charge in [-0.25, -0.2) is 8.42 Å². The number of benzene rings is 1. The average molecular weight is 378 g/mol.